The number of rotatable bonds is 0. The Morgan fingerprint density at radius 3 is 2.00 bits per heavy atom. The minimum atomic E-state index is -1.43. The van der Waals surface area contributed by atoms with E-state index in [-0.39, 0.29) is 0 Å². The van der Waals surface area contributed by atoms with Crippen molar-refractivity contribution in [2.45, 2.75) is 5.97 Å². The number of hydrogen-bond acceptors (Lipinski definition) is 5. The van der Waals surface area contributed by atoms with Crippen molar-refractivity contribution < 1.29 is 24.3 Å². The third-order valence-corrected chi connectivity index (χ3v) is 0.712. The van der Waals surface area contributed by atoms with Crippen molar-refractivity contribution in [2.75, 3.05) is 0 Å². The van der Waals surface area contributed by atoms with Gasteiger partial charge >= 0.3 is 11.9 Å². The van der Waals surface area contributed by atoms with Gasteiger partial charge in [0.2, 0.25) is 0 Å². The number of carbonyl (C=O) groups is 1. The van der Waals surface area contributed by atoms with Gasteiger partial charge in [0.05, 0.1) is 0 Å². The van der Waals surface area contributed by atoms with Crippen molar-refractivity contribution in [1.82, 2.24) is 0 Å². The lowest BCUT2D eigenvalue weighted by molar-refractivity contribution is -0.405. The average molecular weight is 104 g/mol. The third-order valence-electron chi connectivity index (χ3n) is 0.712. The molecular formula is C2O5. The van der Waals surface area contributed by atoms with E-state index in [1.54, 1.807) is 0 Å². The molecule has 5 heteroatoms. The molecule has 0 aromatic rings. The van der Waals surface area contributed by atoms with E-state index in [9.17, 15) is 4.79 Å². The smallest absolute Gasteiger partial charge is 0.282 e. The monoisotopic (exact) mass is 104 g/mol. The van der Waals surface area contributed by atoms with Crippen molar-refractivity contribution in [2.24, 2.45) is 0 Å². The lowest BCUT2D eigenvalue weighted by Gasteiger charge is -2.11. The summed E-state index contributed by atoms with van der Waals surface area (Å²) in [5, 5.41) is 0. The normalized spacial score (nSPS) is 31.7. The predicted molar refractivity (Wildman–Crippen MR) is 12.1 cm³/mol. The van der Waals surface area contributed by atoms with Crippen LogP contribution in [-0.4, -0.2) is 11.9 Å². The van der Waals surface area contributed by atoms with E-state index in [4.69, 9.17) is 0 Å². The minimum Gasteiger partial charge on any atom is -0.282 e. The predicted octanol–water partition coefficient (Wildman–Crippen LogP) is -0.910. The molecule has 2 aliphatic heterocycles. The summed E-state index contributed by atoms with van der Waals surface area (Å²) in [6.07, 6.45) is 0. The molecule has 2 heterocycles. The third kappa shape index (κ3) is 0.225. The van der Waals surface area contributed by atoms with Crippen LogP contribution >= 0.6 is 0 Å². The highest BCUT2D eigenvalue weighted by Gasteiger charge is 2.71. The van der Waals surface area contributed by atoms with Gasteiger partial charge in [-0.25, -0.2) is 4.79 Å². The summed E-state index contributed by atoms with van der Waals surface area (Å²) in [4.78, 5) is 26.0. The summed E-state index contributed by atoms with van der Waals surface area (Å²) in [6.45, 7) is 0. The van der Waals surface area contributed by atoms with Crippen molar-refractivity contribution in [1.29, 1.82) is 0 Å². The molecule has 1 spiro atoms. The second-order valence-electron chi connectivity index (χ2n) is 1.18. The average Bonchev–Trinajstić information content (AvgIpc) is 2.40. The fourth-order valence-corrected chi connectivity index (χ4v) is 0.277. The molecule has 0 bridgehead atoms. The largest absolute Gasteiger partial charge is 0.478 e. The van der Waals surface area contributed by atoms with E-state index in [0.717, 1.165) is 0 Å². The van der Waals surface area contributed by atoms with Gasteiger partial charge in [-0.3, -0.25) is 4.89 Å². The quantitative estimate of drug-likeness (QED) is 0.294. The molecule has 0 aromatic carbocycles. The maximum atomic E-state index is 10.0. The lowest BCUT2D eigenvalue weighted by Crippen LogP contribution is -2.41. The summed E-state index contributed by atoms with van der Waals surface area (Å²) in [5.41, 5.74) is 0. The van der Waals surface area contributed by atoms with Gasteiger partial charge in [0.1, 0.15) is 0 Å². The van der Waals surface area contributed by atoms with Gasteiger partial charge in [0.25, 0.3) is 0 Å². The molecule has 2 rings (SSSR count). The van der Waals surface area contributed by atoms with E-state index >= 15 is 0 Å². The highest BCUT2D eigenvalue weighted by atomic mass is 17.5. The molecule has 0 amide bonds. The Bertz CT molecular complexity index is 124. The van der Waals surface area contributed by atoms with Crippen LogP contribution in [0.5, 0.6) is 0 Å². The minimum absolute atomic E-state index is 0.632. The molecular weight excluding hydrogens is 104 g/mol. The van der Waals surface area contributed by atoms with Gasteiger partial charge in [-0.05, 0) is 0 Å². The molecule has 38 valence electrons. The van der Waals surface area contributed by atoms with Gasteiger partial charge in [-0.1, -0.05) is 4.89 Å². The molecule has 0 unspecified atom stereocenters. The second kappa shape index (κ2) is 0.664. The zero-order chi connectivity index (χ0) is 4.91. The topological polar surface area (TPSA) is 60.6 Å². The van der Waals surface area contributed by atoms with Gasteiger partial charge in [-0.2, -0.15) is 0 Å². The first-order valence-electron chi connectivity index (χ1n) is 1.60. The van der Waals surface area contributed by atoms with E-state index in [0.29, 0.717) is 0 Å². The fourth-order valence-electron chi connectivity index (χ4n) is 0.277. The van der Waals surface area contributed by atoms with Crippen LogP contribution in [0.4, 0.5) is 0 Å². The summed E-state index contributed by atoms with van der Waals surface area (Å²) >= 11 is 0. The molecule has 0 radical (unpaired) electrons. The second-order valence-corrected chi connectivity index (χ2v) is 1.18. The number of carbonyl (C=O) groups excluding carboxylic acids is 1. The van der Waals surface area contributed by atoms with Crippen LogP contribution in [0.15, 0.2) is 0 Å². The lowest BCUT2D eigenvalue weighted by atomic mass is 10.6. The maximum Gasteiger partial charge on any atom is 0.478 e. The molecule has 2 saturated heterocycles. The van der Waals surface area contributed by atoms with Crippen LogP contribution < -0.4 is 0 Å². The molecule has 5 nitrogen and oxygen atoms in total. The van der Waals surface area contributed by atoms with Crippen molar-refractivity contribution in [3.05, 3.63) is 0 Å². The summed E-state index contributed by atoms with van der Waals surface area (Å²) in [5.74, 6) is -2.06. The van der Waals surface area contributed by atoms with Crippen LogP contribution in [0.1, 0.15) is 0 Å². The van der Waals surface area contributed by atoms with Gasteiger partial charge in [0.15, 0.2) is 0 Å². The van der Waals surface area contributed by atoms with Gasteiger partial charge < -0.3 is 0 Å². The van der Waals surface area contributed by atoms with Gasteiger partial charge in [0, 0.05) is 0 Å². The highest BCUT2D eigenvalue weighted by molar-refractivity contribution is 5.79. The zero-order valence-corrected chi connectivity index (χ0v) is 3.04. The Kier molecular flexibility index (Phi) is 0.319. The molecule has 0 atom stereocenters. The summed E-state index contributed by atoms with van der Waals surface area (Å²) in [7, 11) is 0. The maximum absolute atomic E-state index is 10.0. The summed E-state index contributed by atoms with van der Waals surface area (Å²) < 4.78 is 0. The van der Waals surface area contributed by atoms with Crippen molar-refractivity contribution in [3.63, 3.8) is 0 Å². The van der Waals surface area contributed by atoms with Crippen molar-refractivity contribution in [3.8, 4) is 0 Å². The molecule has 0 aromatic heterocycles. The first-order valence-corrected chi connectivity index (χ1v) is 1.60. The zero-order valence-electron chi connectivity index (χ0n) is 3.04. The fraction of sp³-hybridized carbons (Fsp3) is 0.500. The van der Waals surface area contributed by atoms with E-state index in [2.05, 4.69) is 19.6 Å². The van der Waals surface area contributed by atoms with Gasteiger partial charge in [-0.15, -0.1) is 9.78 Å². The van der Waals surface area contributed by atoms with Crippen LogP contribution in [0.3, 0.4) is 0 Å². The molecule has 0 aliphatic carbocycles. The molecule has 0 N–H and O–H groups in total. The van der Waals surface area contributed by atoms with Crippen LogP contribution in [0.2, 0.25) is 0 Å². The van der Waals surface area contributed by atoms with Crippen LogP contribution in [-0.2, 0) is 24.3 Å². The van der Waals surface area contributed by atoms with E-state index in [1.165, 1.54) is 0 Å². The Labute approximate surface area is 37.6 Å². The Hall–Kier alpha value is -0.650. The Morgan fingerprint density at radius 1 is 1.29 bits per heavy atom. The first-order chi connectivity index (χ1) is 3.33. The molecule has 2 aliphatic rings. The first kappa shape index (κ1) is 3.36. The van der Waals surface area contributed by atoms with Crippen LogP contribution in [0, 0.1) is 0 Å². The SMILES string of the molecule is O=C1OOC12OO2. The molecule has 0 saturated carbocycles. The summed E-state index contributed by atoms with van der Waals surface area (Å²) in [6, 6.07) is 0. The Balaban J connectivity index is 2.23. The molecule has 2 fully saturated rings. The highest BCUT2D eigenvalue weighted by Crippen LogP contribution is 2.39. The standard InChI is InChI=1S/C2O5/c3-1-2(5-4-1)6-7-2. The van der Waals surface area contributed by atoms with Crippen molar-refractivity contribution >= 4 is 5.97 Å². The van der Waals surface area contributed by atoms with E-state index in [1.807, 2.05) is 0 Å². The molecule has 7 heavy (non-hydrogen) atoms. The number of hydrogen-bond donors (Lipinski definition) is 0. The Morgan fingerprint density at radius 2 is 2.00 bits per heavy atom. The van der Waals surface area contributed by atoms with Crippen LogP contribution in [0.25, 0.3) is 0 Å². The van der Waals surface area contributed by atoms with E-state index < -0.39 is 11.9 Å².